The molecule has 3 atom stereocenters. The molecule has 21 heavy (non-hydrogen) atoms. The molecule has 3 N–H and O–H groups in total. The average molecular weight is 289 g/mol. The SMILES string of the molecule is Cc1ncccc1NC(=O)C1(N)C2CCCOC2C1(C)C. The number of amides is 1. The van der Waals surface area contributed by atoms with Crippen LogP contribution in [0.5, 0.6) is 0 Å². The first-order chi connectivity index (χ1) is 9.89. The number of nitrogens with one attached hydrogen (secondary N) is 1. The Kier molecular flexibility index (Phi) is 3.30. The van der Waals surface area contributed by atoms with Crippen LogP contribution in [0.1, 0.15) is 32.4 Å². The van der Waals surface area contributed by atoms with Gasteiger partial charge in [-0.05, 0) is 31.9 Å². The molecule has 0 bridgehead atoms. The van der Waals surface area contributed by atoms with Crippen LogP contribution >= 0.6 is 0 Å². The number of hydrogen-bond donors (Lipinski definition) is 2. The third-order valence-corrected chi connectivity index (χ3v) is 5.32. The van der Waals surface area contributed by atoms with E-state index in [9.17, 15) is 4.79 Å². The summed E-state index contributed by atoms with van der Waals surface area (Å²) in [5.74, 6) is -0.0337. The van der Waals surface area contributed by atoms with Gasteiger partial charge in [0.25, 0.3) is 0 Å². The fourth-order valence-electron chi connectivity index (χ4n) is 3.88. The zero-order chi connectivity index (χ0) is 15.3. The number of fused-ring (bicyclic) bond motifs is 1. The minimum atomic E-state index is -0.889. The van der Waals surface area contributed by atoms with Gasteiger partial charge in [-0.3, -0.25) is 9.78 Å². The van der Waals surface area contributed by atoms with Crippen LogP contribution in [0.15, 0.2) is 18.3 Å². The third-order valence-electron chi connectivity index (χ3n) is 5.32. The van der Waals surface area contributed by atoms with Crippen molar-refractivity contribution in [2.24, 2.45) is 17.1 Å². The molecule has 2 fully saturated rings. The number of ether oxygens (including phenoxy) is 1. The van der Waals surface area contributed by atoms with Gasteiger partial charge in [-0.15, -0.1) is 0 Å². The maximum Gasteiger partial charge on any atom is 0.245 e. The number of rotatable bonds is 2. The first-order valence-corrected chi connectivity index (χ1v) is 7.52. The predicted octanol–water partition coefficient (Wildman–Crippen LogP) is 1.86. The molecule has 3 rings (SSSR count). The highest BCUT2D eigenvalue weighted by atomic mass is 16.5. The van der Waals surface area contributed by atoms with Crippen molar-refractivity contribution < 1.29 is 9.53 Å². The van der Waals surface area contributed by atoms with E-state index in [-0.39, 0.29) is 23.3 Å². The van der Waals surface area contributed by atoms with Crippen LogP contribution in [0.4, 0.5) is 5.69 Å². The third kappa shape index (κ3) is 1.91. The van der Waals surface area contributed by atoms with E-state index in [1.807, 2.05) is 32.9 Å². The monoisotopic (exact) mass is 289 g/mol. The van der Waals surface area contributed by atoms with Gasteiger partial charge in [-0.2, -0.15) is 0 Å². The maximum absolute atomic E-state index is 12.8. The second-order valence-electron chi connectivity index (χ2n) is 6.72. The number of aromatic nitrogens is 1. The molecule has 1 aliphatic carbocycles. The van der Waals surface area contributed by atoms with Gasteiger partial charge in [-0.25, -0.2) is 0 Å². The molecule has 5 heteroatoms. The summed E-state index contributed by atoms with van der Waals surface area (Å²) in [5.41, 5.74) is 6.83. The first-order valence-electron chi connectivity index (χ1n) is 7.52. The standard InChI is InChI=1S/C16H23N3O2/c1-10-12(7-4-8-18-10)19-14(20)16(17)11-6-5-9-21-13(11)15(16,2)3/h4,7-8,11,13H,5-6,9,17H2,1-3H3,(H,19,20). The predicted molar refractivity (Wildman–Crippen MR) is 80.8 cm³/mol. The summed E-state index contributed by atoms with van der Waals surface area (Å²) in [7, 11) is 0. The molecule has 0 aromatic carbocycles. The van der Waals surface area contributed by atoms with Gasteiger partial charge in [-0.1, -0.05) is 13.8 Å². The largest absolute Gasteiger partial charge is 0.377 e. The highest BCUT2D eigenvalue weighted by molar-refractivity contribution is 6.00. The minimum absolute atomic E-state index is 0.0806. The topological polar surface area (TPSA) is 77.2 Å². The van der Waals surface area contributed by atoms with Crippen molar-refractivity contribution in [3.8, 4) is 0 Å². The Hall–Kier alpha value is -1.46. The van der Waals surface area contributed by atoms with Crippen molar-refractivity contribution in [2.45, 2.75) is 45.3 Å². The highest BCUT2D eigenvalue weighted by Gasteiger charge is 2.70. The van der Waals surface area contributed by atoms with E-state index in [1.165, 1.54) is 0 Å². The number of nitrogens with two attached hydrogens (primary N) is 1. The van der Waals surface area contributed by atoms with E-state index in [0.717, 1.165) is 30.8 Å². The number of aryl methyl sites for hydroxylation is 1. The van der Waals surface area contributed by atoms with E-state index in [0.29, 0.717) is 0 Å². The van der Waals surface area contributed by atoms with Crippen LogP contribution < -0.4 is 11.1 Å². The zero-order valence-electron chi connectivity index (χ0n) is 12.8. The molecule has 0 radical (unpaired) electrons. The van der Waals surface area contributed by atoms with Gasteiger partial charge < -0.3 is 15.8 Å². The Morgan fingerprint density at radius 1 is 1.52 bits per heavy atom. The molecule has 1 aromatic heterocycles. The first kappa shape index (κ1) is 14.5. The van der Waals surface area contributed by atoms with Crippen molar-refractivity contribution in [3.63, 3.8) is 0 Å². The smallest absolute Gasteiger partial charge is 0.245 e. The van der Waals surface area contributed by atoms with Gasteiger partial charge in [0.15, 0.2) is 0 Å². The van der Waals surface area contributed by atoms with Crippen LogP contribution in [0.25, 0.3) is 0 Å². The lowest BCUT2D eigenvalue weighted by Crippen LogP contribution is -2.81. The number of hydrogen-bond acceptors (Lipinski definition) is 4. The Labute approximate surface area is 125 Å². The van der Waals surface area contributed by atoms with E-state index in [2.05, 4.69) is 10.3 Å². The van der Waals surface area contributed by atoms with Crippen LogP contribution in [-0.2, 0) is 9.53 Å². The summed E-state index contributed by atoms with van der Waals surface area (Å²) in [4.78, 5) is 17.0. The molecule has 1 amide bonds. The summed E-state index contributed by atoms with van der Waals surface area (Å²) >= 11 is 0. The van der Waals surface area contributed by atoms with Gasteiger partial charge >= 0.3 is 0 Å². The van der Waals surface area contributed by atoms with Crippen molar-refractivity contribution in [1.82, 2.24) is 4.98 Å². The van der Waals surface area contributed by atoms with Crippen molar-refractivity contribution in [2.75, 3.05) is 11.9 Å². The van der Waals surface area contributed by atoms with Gasteiger partial charge in [0.1, 0.15) is 5.54 Å². The summed E-state index contributed by atoms with van der Waals surface area (Å²) in [6.07, 6.45) is 3.71. The van der Waals surface area contributed by atoms with Crippen molar-refractivity contribution in [1.29, 1.82) is 0 Å². The molecule has 2 aliphatic rings. The molecular formula is C16H23N3O2. The lowest BCUT2D eigenvalue weighted by Gasteiger charge is -2.65. The molecule has 114 valence electrons. The summed E-state index contributed by atoms with van der Waals surface area (Å²) in [6.45, 7) is 6.69. The normalized spacial score (nSPS) is 33.7. The van der Waals surface area contributed by atoms with Gasteiger partial charge in [0, 0.05) is 24.1 Å². The van der Waals surface area contributed by atoms with E-state index in [4.69, 9.17) is 10.5 Å². The molecule has 5 nitrogen and oxygen atoms in total. The molecular weight excluding hydrogens is 266 g/mol. The van der Waals surface area contributed by atoms with E-state index < -0.39 is 5.54 Å². The Balaban J connectivity index is 1.85. The Morgan fingerprint density at radius 2 is 2.29 bits per heavy atom. The number of pyridine rings is 1. The summed E-state index contributed by atoms with van der Waals surface area (Å²) < 4.78 is 5.84. The number of carbonyl (C=O) groups excluding carboxylic acids is 1. The minimum Gasteiger partial charge on any atom is -0.377 e. The lowest BCUT2D eigenvalue weighted by atomic mass is 9.46. The Bertz CT molecular complexity index is 572. The van der Waals surface area contributed by atoms with Gasteiger partial charge in [0.05, 0.1) is 17.5 Å². The fourth-order valence-corrected chi connectivity index (χ4v) is 3.88. The molecule has 1 aliphatic heterocycles. The van der Waals surface area contributed by atoms with Crippen LogP contribution in [-0.4, -0.2) is 29.1 Å². The van der Waals surface area contributed by atoms with Crippen LogP contribution in [0.3, 0.4) is 0 Å². The molecule has 1 aromatic rings. The van der Waals surface area contributed by atoms with E-state index >= 15 is 0 Å². The van der Waals surface area contributed by atoms with Crippen molar-refractivity contribution in [3.05, 3.63) is 24.0 Å². The average Bonchev–Trinajstić information content (AvgIpc) is 2.48. The summed E-state index contributed by atoms with van der Waals surface area (Å²) in [6, 6.07) is 3.66. The van der Waals surface area contributed by atoms with Crippen LogP contribution in [0, 0.1) is 18.3 Å². The molecule has 2 heterocycles. The highest BCUT2D eigenvalue weighted by Crippen LogP contribution is 2.57. The zero-order valence-corrected chi connectivity index (χ0v) is 12.8. The van der Waals surface area contributed by atoms with Crippen molar-refractivity contribution >= 4 is 11.6 Å². The quantitative estimate of drug-likeness (QED) is 0.871. The number of carbonyl (C=O) groups is 1. The Morgan fingerprint density at radius 3 is 3.00 bits per heavy atom. The van der Waals surface area contributed by atoms with E-state index in [1.54, 1.807) is 6.20 Å². The molecule has 3 unspecified atom stereocenters. The fraction of sp³-hybridized carbons (Fsp3) is 0.625. The summed E-state index contributed by atoms with van der Waals surface area (Å²) in [5, 5.41) is 2.96. The molecule has 1 saturated carbocycles. The number of nitrogens with zero attached hydrogens (tertiary/aromatic N) is 1. The number of anilines is 1. The second-order valence-corrected chi connectivity index (χ2v) is 6.72. The second kappa shape index (κ2) is 4.78. The lowest BCUT2D eigenvalue weighted by molar-refractivity contribution is -0.222. The molecule has 0 spiro atoms. The van der Waals surface area contributed by atoms with Crippen LogP contribution in [0.2, 0.25) is 0 Å². The maximum atomic E-state index is 12.8. The van der Waals surface area contributed by atoms with Gasteiger partial charge in [0.2, 0.25) is 5.91 Å². The molecule has 1 saturated heterocycles.